The molecule has 0 radical (unpaired) electrons. The highest BCUT2D eigenvalue weighted by molar-refractivity contribution is 7.59. The smallest absolute Gasteiger partial charge is 0.136 e. The number of benzene rings is 4. The number of fused-ring (bicyclic) bond motifs is 8. The molecule has 0 aliphatic carbocycles. The van der Waals surface area contributed by atoms with Gasteiger partial charge in [-0.2, -0.15) is 13.5 Å². The maximum atomic E-state index is 6.03. The molecule has 3 heteroatoms. The van der Waals surface area contributed by atoms with Crippen LogP contribution in [0.1, 0.15) is 0 Å². The molecule has 0 aliphatic heterocycles. The van der Waals surface area contributed by atoms with Gasteiger partial charge in [-0.15, -0.1) is 0 Å². The van der Waals surface area contributed by atoms with Crippen molar-refractivity contribution < 1.29 is 4.42 Å². The lowest BCUT2D eigenvalue weighted by molar-refractivity contribution is 0.669. The second-order valence-corrected chi connectivity index (χ2v) is 6.33. The Kier molecular flexibility index (Phi) is 2.91. The zero-order valence-electron chi connectivity index (χ0n) is 13.3. The van der Waals surface area contributed by atoms with Crippen LogP contribution >= 0.6 is 13.5 Å². The third kappa shape index (κ3) is 1.87. The van der Waals surface area contributed by atoms with E-state index >= 15 is 0 Å². The Hall–Kier alpha value is -2.91. The standard InChI is InChI=1S/C22H13NO.H2S/c1-3-7-18-14(5-1)17-12-16-13(11-19(17)23-18)9-10-21-22(16)15-6-2-4-8-20(15)24-21;/h1-12,23H;1H2. The van der Waals surface area contributed by atoms with Gasteiger partial charge in [0.05, 0.1) is 0 Å². The molecule has 6 aromatic rings. The van der Waals surface area contributed by atoms with E-state index in [-0.39, 0.29) is 13.5 Å². The highest BCUT2D eigenvalue weighted by Crippen LogP contribution is 2.37. The molecule has 0 saturated heterocycles. The predicted octanol–water partition coefficient (Wildman–Crippen LogP) is 6.49. The van der Waals surface area contributed by atoms with Crippen LogP contribution in [0.3, 0.4) is 0 Å². The van der Waals surface area contributed by atoms with Gasteiger partial charge in [-0.3, -0.25) is 0 Å². The fourth-order valence-electron chi connectivity index (χ4n) is 3.89. The second-order valence-electron chi connectivity index (χ2n) is 6.33. The van der Waals surface area contributed by atoms with E-state index in [2.05, 4.69) is 65.6 Å². The molecule has 0 spiro atoms. The number of hydrogen-bond donors (Lipinski definition) is 1. The highest BCUT2D eigenvalue weighted by atomic mass is 32.1. The molecule has 0 saturated carbocycles. The van der Waals surface area contributed by atoms with Crippen LogP contribution in [0.25, 0.3) is 54.5 Å². The molecule has 0 bridgehead atoms. The zero-order valence-corrected chi connectivity index (χ0v) is 14.3. The number of hydrogen-bond acceptors (Lipinski definition) is 1. The summed E-state index contributed by atoms with van der Waals surface area (Å²) in [5, 5.41) is 7.38. The van der Waals surface area contributed by atoms with E-state index in [1.807, 2.05) is 12.1 Å². The minimum absolute atomic E-state index is 0. The van der Waals surface area contributed by atoms with E-state index in [9.17, 15) is 0 Å². The van der Waals surface area contributed by atoms with E-state index < -0.39 is 0 Å². The molecule has 2 nitrogen and oxygen atoms in total. The SMILES string of the molecule is S.c1ccc2c(c1)[nH]c1cc3ccc4oc5ccccc5c4c3cc12. The molecule has 120 valence electrons. The first-order valence-corrected chi connectivity index (χ1v) is 8.13. The normalized spacial score (nSPS) is 11.7. The third-order valence-electron chi connectivity index (χ3n) is 4.98. The predicted molar refractivity (Wildman–Crippen MR) is 111 cm³/mol. The third-order valence-corrected chi connectivity index (χ3v) is 4.98. The molecule has 2 heterocycles. The zero-order chi connectivity index (χ0) is 15.7. The monoisotopic (exact) mass is 341 g/mol. The van der Waals surface area contributed by atoms with Crippen LogP contribution < -0.4 is 0 Å². The lowest BCUT2D eigenvalue weighted by atomic mass is 10.0. The molecule has 0 fully saturated rings. The van der Waals surface area contributed by atoms with Crippen molar-refractivity contribution in [1.29, 1.82) is 0 Å². The van der Waals surface area contributed by atoms with Crippen molar-refractivity contribution in [2.75, 3.05) is 0 Å². The van der Waals surface area contributed by atoms with E-state index in [0.717, 1.165) is 11.2 Å². The van der Waals surface area contributed by atoms with Gasteiger partial charge in [0.15, 0.2) is 0 Å². The summed E-state index contributed by atoms with van der Waals surface area (Å²) in [4.78, 5) is 3.53. The van der Waals surface area contributed by atoms with Crippen LogP contribution in [0.2, 0.25) is 0 Å². The van der Waals surface area contributed by atoms with Gasteiger partial charge in [-0.1, -0.05) is 42.5 Å². The van der Waals surface area contributed by atoms with Crippen molar-refractivity contribution in [3.05, 3.63) is 72.8 Å². The van der Waals surface area contributed by atoms with Gasteiger partial charge in [-0.05, 0) is 41.1 Å². The summed E-state index contributed by atoms with van der Waals surface area (Å²) in [6.07, 6.45) is 0. The molecular formula is C22H15NOS. The van der Waals surface area contributed by atoms with Crippen molar-refractivity contribution in [2.45, 2.75) is 0 Å². The first-order chi connectivity index (χ1) is 11.9. The Morgan fingerprint density at radius 2 is 1.40 bits per heavy atom. The highest BCUT2D eigenvalue weighted by Gasteiger charge is 2.12. The van der Waals surface area contributed by atoms with Gasteiger partial charge >= 0.3 is 0 Å². The number of nitrogens with one attached hydrogen (secondary N) is 1. The summed E-state index contributed by atoms with van der Waals surface area (Å²) in [7, 11) is 0. The van der Waals surface area contributed by atoms with E-state index in [4.69, 9.17) is 4.42 Å². The average molecular weight is 341 g/mol. The molecule has 0 unspecified atom stereocenters. The van der Waals surface area contributed by atoms with Crippen molar-refractivity contribution in [3.8, 4) is 0 Å². The lowest BCUT2D eigenvalue weighted by Crippen LogP contribution is -1.76. The number of aromatic amines is 1. The number of furan rings is 1. The van der Waals surface area contributed by atoms with Crippen LogP contribution in [0.4, 0.5) is 0 Å². The van der Waals surface area contributed by atoms with Crippen molar-refractivity contribution in [2.24, 2.45) is 0 Å². The maximum absolute atomic E-state index is 6.03. The van der Waals surface area contributed by atoms with Gasteiger partial charge in [-0.25, -0.2) is 0 Å². The number of rotatable bonds is 0. The summed E-state index contributed by atoms with van der Waals surface area (Å²) < 4.78 is 6.03. The molecule has 25 heavy (non-hydrogen) atoms. The minimum Gasteiger partial charge on any atom is -0.456 e. The van der Waals surface area contributed by atoms with Gasteiger partial charge in [0.1, 0.15) is 11.2 Å². The van der Waals surface area contributed by atoms with Crippen molar-refractivity contribution >= 4 is 68.0 Å². The van der Waals surface area contributed by atoms with E-state index in [1.165, 1.54) is 43.4 Å². The molecular weight excluding hydrogens is 326 g/mol. The molecule has 4 aromatic carbocycles. The Balaban J connectivity index is 0.00000140. The van der Waals surface area contributed by atoms with E-state index in [1.54, 1.807) is 0 Å². The summed E-state index contributed by atoms with van der Waals surface area (Å²) in [5.74, 6) is 0. The Morgan fingerprint density at radius 1 is 0.600 bits per heavy atom. The Bertz CT molecular complexity index is 1410. The number of H-pyrrole nitrogens is 1. The average Bonchev–Trinajstić information content (AvgIpc) is 3.17. The van der Waals surface area contributed by atoms with Crippen LogP contribution in [-0.4, -0.2) is 4.98 Å². The first kappa shape index (κ1) is 14.4. The van der Waals surface area contributed by atoms with Gasteiger partial charge in [0.25, 0.3) is 0 Å². The summed E-state index contributed by atoms with van der Waals surface area (Å²) in [6, 6.07) is 25.5. The molecule has 1 N–H and O–H groups in total. The summed E-state index contributed by atoms with van der Waals surface area (Å²) in [5.41, 5.74) is 4.24. The fraction of sp³-hybridized carbons (Fsp3) is 0. The van der Waals surface area contributed by atoms with Crippen molar-refractivity contribution in [3.63, 3.8) is 0 Å². The second kappa shape index (κ2) is 5.04. The molecule has 0 aliphatic rings. The van der Waals surface area contributed by atoms with Crippen molar-refractivity contribution in [1.82, 2.24) is 4.98 Å². The van der Waals surface area contributed by atoms with Crippen LogP contribution in [0.15, 0.2) is 77.2 Å². The summed E-state index contributed by atoms with van der Waals surface area (Å²) >= 11 is 0. The van der Waals surface area contributed by atoms with Gasteiger partial charge in [0.2, 0.25) is 0 Å². The largest absolute Gasteiger partial charge is 0.456 e. The molecule has 2 aromatic heterocycles. The Morgan fingerprint density at radius 3 is 2.32 bits per heavy atom. The van der Waals surface area contributed by atoms with Crippen LogP contribution in [0.5, 0.6) is 0 Å². The minimum atomic E-state index is 0. The van der Waals surface area contributed by atoms with E-state index in [0.29, 0.717) is 0 Å². The van der Waals surface area contributed by atoms with Crippen LogP contribution in [0, 0.1) is 0 Å². The maximum Gasteiger partial charge on any atom is 0.136 e. The topological polar surface area (TPSA) is 28.9 Å². The summed E-state index contributed by atoms with van der Waals surface area (Å²) in [6.45, 7) is 0. The number of para-hydroxylation sites is 2. The lowest BCUT2D eigenvalue weighted by Gasteiger charge is -2.01. The molecule has 0 amide bonds. The molecule has 0 atom stereocenters. The van der Waals surface area contributed by atoms with Gasteiger partial charge in [0, 0.05) is 32.6 Å². The first-order valence-electron chi connectivity index (χ1n) is 8.13. The van der Waals surface area contributed by atoms with Gasteiger partial charge < -0.3 is 9.40 Å². The number of aromatic nitrogens is 1. The fourth-order valence-corrected chi connectivity index (χ4v) is 3.89. The van der Waals surface area contributed by atoms with Crippen LogP contribution in [-0.2, 0) is 0 Å². The molecule has 6 rings (SSSR count). The quantitative estimate of drug-likeness (QED) is 0.336. The Labute approximate surface area is 150 Å².